The molecular formula is C9H12N2S. The zero-order chi connectivity index (χ0) is 8.39. The molecule has 1 aromatic rings. The third-order valence-electron chi connectivity index (χ3n) is 1.94. The number of benzene rings is 1. The van der Waals surface area contributed by atoms with Crippen molar-refractivity contribution in [3.63, 3.8) is 0 Å². The lowest BCUT2D eigenvalue weighted by atomic mass is 10.2. The monoisotopic (exact) mass is 180 g/mol. The van der Waals surface area contributed by atoms with Crippen LogP contribution in [0.2, 0.25) is 0 Å². The Hall–Kier alpha value is -0.830. The number of anilines is 2. The van der Waals surface area contributed by atoms with Crippen LogP contribution in [0.1, 0.15) is 6.42 Å². The molecule has 1 heterocycles. The average Bonchev–Trinajstić information content (AvgIpc) is 2.30. The van der Waals surface area contributed by atoms with Gasteiger partial charge in [0.1, 0.15) is 0 Å². The van der Waals surface area contributed by atoms with Crippen LogP contribution in [0.5, 0.6) is 0 Å². The number of hydrogen-bond acceptors (Lipinski definition) is 3. The van der Waals surface area contributed by atoms with Crippen molar-refractivity contribution in [2.75, 3.05) is 23.3 Å². The van der Waals surface area contributed by atoms with E-state index < -0.39 is 0 Å². The van der Waals surface area contributed by atoms with Crippen molar-refractivity contribution in [2.24, 2.45) is 0 Å². The number of hydrogen-bond donors (Lipinski definition) is 2. The molecule has 0 saturated carbocycles. The van der Waals surface area contributed by atoms with Gasteiger partial charge >= 0.3 is 0 Å². The Bertz CT molecular complexity index is 286. The van der Waals surface area contributed by atoms with E-state index in [9.17, 15) is 0 Å². The summed E-state index contributed by atoms with van der Waals surface area (Å²) >= 11 is 1.88. The molecule has 0 fully saturated rings. The van der Waals surface area contributed by atoms with Crippen LogP contribution in [-0.2, 0) is 0 Å². The molecule has 0 amide bonds. The van der Waals surface area contributed by atoms with E-state index in [1.807, 2.05) is 23.9 Å². The van der Waals surface area contributed by atoms with E-state index in [1.54, 1.807) is 0 Å². The molecule has 0 radical (unpaired) electrons. The van der Waals surface area contributed by atoms with Gasteiger partial charge in [-0.15, -0.1) is 11.8 Å². The van der Waals surface area contributed by atoms with Gasteiger partial charge in [-0.05, 0) is 24.3 Å². The van der Waals surface area contributed by atoms with Crippen LogP contribution in [-0.4, -0.2) is 12.3 Å². The lowest BCUT2D eigenvalue weighted by molar-refractivity contribution is 1.000. The number of fused-ring (bicyclic) bond motifs is 1. The van der Waals surface area contributed by atoms with Crippen LogP contribution in [0, 0.1) is 0 Å². The van der Waals surface area contributed by atoms with E-state index in [-0.39, 0.29) is 0 Å². The normalized spacial score (nSPS) is 16.0. The van der Waals surface area contributed by atoms with Crippen molar-refractivity contribution in [1.29, 1.82) is 0 Å². The highest BCUT2D eigenvalue weighted by Crippen LogP contribution is 2.34. The molecule has 0 unspecified atom stereocenters. The lowest BCUT2D eigenvalue weighted by Gasteiger charge is -2.08. The molecule has 3 heteroatoms. The fraction of sp³-hybridized carbons (Fsp3) is 0.333. The molecule has 0 bridgehead atoms. The van der Waals surface area contributed by atoms with Crippen LogP contribution < -0.4 is 11.1 Å². The van der Waals surface area contributed by atoms with E-state index in [2.05, 4.69) is 11.4 Å². The summed E-state index contributed by atoms with van der Waals surface area (Å²) in [6.45, 7) is 1.04. The number of rotatable bonds is 0. The van der Waals surface area contributed by atoms with Crippen molar-refractivity contribution in [3.8, 4) is 0 Å². The summed E-state index contributed by atoms with van der Waals surface area (Å²) < 4.78 is 0. The van der Waals surface area contributed by atoms with E-state index in [1.165, 1.54) is 17.1 Å². The second-order valence-corrected chi connectivity index (χ2v) is 3.99. The first-order valence-electron chi connectivity index (χ1n) is 4.13. The van der Waals surface area contributed by atoms with Crippen molar-refractivity contribution in [1.82, 2.24) is 0 Å². The topological polar surface area (TPSA) is 38.0 Å². The first kappa shape index (κ1) is 7.80. The van der Waals surface area contributed by atoms with Crippen LogP contribution in [0.25, 0.3) is 0 Å². The summed E-state index contributed by atoms with van der Waals surface area (Å²) in [6, 6.07) is 6.07. The number of para-hydroxylation sites is 1. The van der Waals surface area contributed by atoms with E-state index in [0.717, 1.165) is 17.9 Å². The van der Waals surface area contributed by atoms with Gasteiger partial charge < -0.3 is 11.1 Å². The molecular weight excluding hydrogens is 168 g/mol. The molecule has 12 heavy (non-hydrogen) atoms. The lowest BCUT2D eigenvalue weighted by Crippen LogP contribution is -2.02. The fourth-order valence-electron chi connectivity index (χ4n) is 1.33. The molecule has 1 aromatic carbocycles. The number of thioether (sulfide) groups is 1. The average molecular weight is 180 g/mol. The summed E-state index contributed by atoms with van der Waals surface area (Å²) in [4.78, 5) is 1.28. The Morgan fingerprint density at radius 2 is 2.33 bits per heavy atom. The zero-order valence-electron chi connectivity index (χ0n) is 6.84. The van der Waals surface area contributed by atoms with Gasteiger partial charge in [0.05, 0.1) is 11.4 Å². The smallest absolute Gasteiger partial charge is 0.0711 e. The van der Waals surface area contributed by atoms with Crippen LogP contribution in [0.3, 0.4) is 0 Å². The largest absolute Gasteiger partial charge is 0.397 e. The van der Waals surface area contributed by atoms with Gasteiger partial charge in [-0.2, -0.15) is 0 Å². The van der Waals surface area contributed by atoms with Gasteiger partial charge in [0.25, 0.3) is 0 Å². The van der Waals surface area contributed by atoms with E-state index in [0.29, 0.717) is 0 Å². The van der Waals surface area contributed by atoms with Crippen LogP contribution in [0.15, 0.2) is 23.1 Å². The molecule has 0 aliphatic carbocycles. The molecule has 0 atom stereocenters. The molecule has 2 rings (SSSR count). The Morgan fingerprint density at radius 1 is 1.42 bits per heavy atom. The number of nitrogens with two attached hydrogens (primary N) is 1. The molecule has 0 aromatic heterocycles. The highest BCUT2D eigenvalue weighted by Gasteiger charge is 2.08. The molecule has 1 aliphatic heterocycles. The molecule has 0 spiro atoms. The quantitative estimate of drug-likeness (QED) is 0.601. The molecule has 2 nitrogen and oxygen atoms in total. The van der Waals surface area contributed by atoms with Gasteiger partial charge in [0.2, 0.25) is 0 Å². The maximum atomic E-state index is 5.83. The van der Waals surface area contributed by atoms with Crippen molar-refractivity contribution in [3.05, 3.63) is 18.2 Å². The van der Waals surface area contributed by atoms with Gasteiger partial charge in [-0.1, -0.05) is 6.07 Å². The number of nitrogen functional groups attached to an aromatic ring is 1. The molecule has 1 aliphatic rings. The minimum atomic E-state index is 0.863. The van der Waals surface area contributed by atoms with Gasteiger partial charge in [-0.25, -0.2) is 0 Å². The van der Waals surface area contributed by atoms with Gasteiger partial charge in [-0.3, -0.25) is 0 Å². The standard InChI is InChI=1S/C9H12N2S/c10-7-3-1-4-8-9(7)11-5-2-6-12-8/h1,3-4,11H,2,5-6,10H2. The number of nitrogens with one attached hydrogen (secondary N) is 1. The first-order valence-corrected chi connectivity index (χ1v) is 5.11. The molecule has 0 saturated heterocycles. The molecule has 64 valence electrons. The predicted molar refractivity (Wildman–Crippen MR) is 54.7 cm³/mol. The summed E-state index contributed by atoms with van der Waals surface area (Å²) in [7, 11) is 0. The minimum Gasteiger partial charge on any atom is -0.397 e. The third kappa shape index (κ3) is 1.37. The van der Waals surface area contributed by atoms with E-state index >= 15 is 0 Å². The van der Waals surface area contributed by atoms with E-state index in [4.69, 9.17) is 5.73 Å². The summed E-state index contributed by atoms with van der Waals surface area (Å²) in [5.74, 6) is 1.18. The van der Waals surface area contributed by atoms with Crippen molar-refractivity contribution in [2.45, 2.75) is 11.3 Å². The van der Waals surface area contributed by atoms with Gasteiger partial charge in [0.15, 0.2) is 0 Å². The fourth-order valence-corrected chi connectivity index (χ4v) is 2.34. The zero-order valence-corrected chi connectivity index (χ0v) is 7.66. The maximum absolute atomic E-state index is 5.83. The summed E-state index contributed by atoms with van der Waals surface area (Å²) in [6.07, 6.45) is 1.21. The highest BCUT2D eigenvalue weighted by atomic mass is 32.2. The summed E-state index contributed by atoms with van der Waals surface area (Å²) in [5.41, 5.74) is 7.82. The SMILES string of the molecule is Nc1cccc2c1NCCCS2. The molecule has 3 N–H and O–H groups in total. The Labute approximate surface area is 76.5 Å². The van der Waals surface area contributed by atoms with Crippen molar-refractivity contribution >= 4 is 23.1 Å². The second-order valence-electron chi connectivity index (χ2n) is 2.85. The highest BCUT2D eigenvalue weighted by molar-refractivity contribution is 7.99. The first-order chi connectivity index (χ1) is 5.88. The Kier molecular flexibility index (Phi) is 2.13. The predicted octanol–water partition coefficient (Wildman–Crippen LogP) is 2.18. The Morgan fingerprint density at radius 3 is 3.25 bits per heavy atom. The van der Waals surface area contributed by atoms with Crippen molar-refractivity contribution < 1.29 is 0 Å². The van der Waals surface area contributed by atoms with Crippen LogP contribution >= 0.6 is 11.8 Å². The Balaban J connectivity index is 2.42. The summed E-state index contributed by atoms with van der Waals surface area (Å²) in [5, 5.41) is 3.35. The maximum Gasteiger partial charge on any atom is 0.0711 e. The van der Waals surface area contributed by atoms with Crippen LogP contribution in [0.4, 0.5) is 11.4 Å². The minimum absolute atomic E-state index is 0.863. The third-order valence-corrected chi connectivity index (χ3v) is 3.08. The second kappa shape index (κ2) is 3.27. The van der Waals surface area contributed by atoms with Gasteiger partial charge in [0, 0.05) is 11.4 Å².